The van der Waals surface area contributed by atoms with Crippen LogP contribution in [-0.2, 0) is 22.6 Å². The zero-order chi connectivity index (χ0) is 19.4. The van der Waals surface area contributed by atoms with Gasteiger partial charge in [-0.05, 0) is 24.5 Å². The third-order valence-electron chi connectivity index (χ3n) is 4.50. The Morgan fingerprint density at radius 1 is 1.48 bits per heavy atom. The van der Waals surface area contributed by atoms with Crippen LogP contribution in [0, 0.1) is 11.3 Å². The van der Waals surface area contributed by atoms with Crippen LogP contribution in [0.5, 0.6) is 0 Å². The molecule has 138 valence electrons. The van der Waals surface area contributed by atoms with E-state index < -0.39 is 0 Å². The molecule has 27 heavy (non-hydrogen) atoms. The molecule has 0 aromatic carbocycles. The third-order valence-corrected chi connectivity index (χ3v) is 5.63. The Labute approximate surface area is 162 Å². The topological polar surface area (TPSA) is 86.1 Å². The van der Waals surface area contributed by atoms with Crippen LogP contribution >= 0.6 is 11.3 Å². The van der Waals surface area contributed by atoms with E-state index in [0.29, 0.717) is 42.1 Å². The van der Waals surface area contributed by atoms with E-state index in [0.717, 1.165) is 16.9 Å². The molecule has 3 heterocycles. The lowest BCUT2D eigenvalue weighted by atomic mass is 10.0. The number of nitrogens with one attached hydrogen (secondary N) is 1. The summed E-state index contributed by atoms with van der Waals surface area (Å²) in [4.78, 5) is 31.5. The van der Waals surface area contributed by atoms with E-state index in [4.69, 9.17) is 0 Å². The maximum Gasteiger partial charge on any atom is 0.256 e. The molecule has 7 heteroatoms. The van der Waals surface area contributed by atoms with E-state index in [-0.39, 0.29) is 17.4 Å². The summed E-state index contributed by atoms with van der Waals surface area (Å²) in [5.41, 5.74) is 2.35. The number of carbonyl (C=O) groups excluding carboxylic acids is 2. The van der Waals surface area contributed by atoms with E-state index >= 15 is 0 Å². The summed E-state index contributed by atoms with van der Waals surface area (Å²) < 4.78 is 0. The van der Waals surface area contributed by atoms with Crippen molar-refractivity contribution >= 4 is 33.7 Å². The number of hydrogen-bond acceptors (Lipinski definition) is 5. The van der Waals surface area contributed by atoms with Crippen LogP contribution in [0.15, 0.2) is 31.1 Å². The Bertz CT molecular complexity index is 927. The zero-order valence-corrected chi connectivity index (χ0v) is 15.9. The Kier molecular flexibility index (Phi) is 5.67. The second-order valence-electron chi connectivity index (χ2n) is 6.31. The number of nitrogens with zero attached hydrogens (tertiary/aromatic N) is 3. The quantitative estimate of drug-likeness (QED) is 0.806. The maximum absolute atomic E-state index is 12.5. The third kappa shape index (κ3) is 3.91. The summed E-state index contributed by atoms with van der Waals surface area (Å²) in [6, 6.07) is 5.70. The first-order chi connectivity index (χ1) is 13.0. The number of aromatic nitrogens is 1. The summed E-state index contributed by atoms with van der Waals surface area (Å²) in [7, 11) is 0. The Morgan fingerprint density at radius 3 is 2.96 bits per heavy atom. The summed E-state index contributed by atoms with van der Waals surface area (Å²) in [6.45, 7) is 6.91. The minimum atomic E-state index is -0.364. The van der Waals surface area contributed by atoms with E-state index in [9.17, 15) is 14.9 Å². The molecule has 0 radical (unpaired) electrons. The molecule has 0 atom stereocenters. The molecule has 0 saturated carbocycles. The fraction of sp³-hybridized carbons (Fsp3) is 0.300. The first-order valence-corrected chi connectivity index (χ1v) is 9.59. The number of thiophene rings is 1. The number of carbonyl (C=O) groups is 2. The molecular weight excluding hydrogens is 360 g/mol. The van der Waals surface area contributed by atoms with Gasteiger partial charge in [0.2, 0.25) is 5.91 Å². The molecule has 0 fully saturated rings. The largest absolute Gasteiger partial charge is 0.337 e. The monoisotopic (exact) mass is 380 g/mol. The summed E-state index contributed by atoms with van der Waals surface area (Å²) >= 11 is 1.36. The van der Waals surface area contributed by atoms with Gasteiger partial charge in [-0.2, -0.15) is 5.26 Å². The number of rotatable bonds is 5. The number of pyridine rings is 1. The standard InChI is InChI=1S/C20H20N4O2S/c1-3-5-18(25)24-9-7-15-16(10-21)20(27-17(15)12-24)23-19(26)13(2)14-6-4-8-22-11-14/h4,6,8,11H,2-3,5,7,9,12H2,1H3,(H,23,26). The number of amides is 2. The molecule has 1 N–H and O–H groups in total. The van der Waals surface area contributed by atoms with Crippen LogP contribution in [0.1, 0.15) is 41.3 Å². The van der Waals surface area contributed by atoms with Crippen LogP contribution < -0.4 is 5.32 Å². The van der Waals surface area contributed by atoms with Crippen molar-refractivity contribution in [3.8, 4) is 6.07 Å². The van der Waals surface area contributed by atoms with Gasteiger partial charge in [-0.15, -0.1) is 11.3 Å². The Balaban J connectivity index is 1.80. The molecule has 0 bridgehead atoms. The molecule has 0 spiro atoms. The molecule has 1 aliphatic heterocycles. The van der Waals surface area contributed by atoms with Crippen molar-refractivity contribution in [1.82, 2.24) is 9.88 Å². The van der Waals surface area contributed by atoms with Gasteiger partial charge in [-0.25, -0.2) is 0 Å². The van der Waals surface area contributed by atoms with Crippen molar-refractivity contribution in [3.63, 3.8) is 0 Å². The normalized spacial score (nSPS) is 12.8. The molecule has 6 nitrogen and oxygen atoms in total. The molecule has 2 amide bonds. The number of anilines is 1. The van der Waals surface area contributed by atoms with Crippen LogP contribution in [0.4, 0.5) is 5.00 Å². The van der Waals surface area contributed by atoms with E-state index in [1.165, 1.54) is 11.3 Å². The van der Waals surface area contributed by atoms with E-state index in [1.54, 1.807) is 24.5 Å². The molecule has 0 aliphatic carbocycles. The lowest BCUT2D eigenvalue weighted by Gasteiger charge is -2.26. The molecule has 3 rings (SSSR count). The second kappa shape index (κ2) is 8.14. The number of fused-ring (bicyclic) bond motifs is 1. The van der Waals surface area contributed by atoms with Gasteiger partial charge in [0.05, 0.1) is 12.1 Å². The van der Waals surface area contributed by atoms with Gasteiger partial charge in [0.25, 0.3) is 5.91 Å². The van der Waals surface area contributed by atoms with Gasteiger partial charge in [-0.3, -0.25) is 14.6 Å². The van der Waals surface area contributed by atoms with Crippen molar-refractivity contribution < 1.29 is 9.59 Å². The molecular formula is C20H20N4O2S. The molecule has 0 saturated heterocycles. The maximum atomic E-state index is 12.5. The SMILES string of the molecule is C=C(C(=O)Nc1sc2c(c1C#N)CCN(C(=O)CCC)C2)c1cccnc1. The Hall–Kier alpha value is -2.98. The van der Waals surface area contributed by atoms with Gasteiger partial charge in [-0.1, -0.05) is 19.6 Å². The first-order valence-electron chi connectivity index (χ1n) is 8.78. The van der Waals surface area contributed by atoms with Crippen molar-refractivity contribution in [1.29, 1.82) is 5.26 Å². The highest BCUT2D eigenvalue weighted by Crippen LogP contribution is 2.37. The van der Waals surface area contributed by atoms with E-state index in [1.807, 2.05) is 11.8 Å². The number of hydrogen-bond donors (Lipinski definition) is 1. The van der Waals surface area contributed by atoms with Gasteiger partial charge in [0.1, 0.15) is 11.1 Å². The van der Waals surface area contributed by atoms with Crippen molar-refractivity contribution in [2.75, 3.05) is 11.9 Å². The summed E-state index contributed by atoms with van der Waals surface area (Å²) in [5, 5.41) is 12.9. The number of nitriles is 1. The van der Waals surface area contributed by atoms with Gasteiger partial charge in [0.15, 0.2) is 0 Å². The van der Waals surface area contributed by atoms with Crippen LogP contribution in [-0.4, -0.2) is 28.2 Å². The molecule has 2 aromatic heterocycles. The van der Waals surface area contributed by atoms with Crippen molar-refractivity contribution in [2.45, 2.75) is 32.7 Å². The van der Waals surface area contributed by atoms with Crippen LogP contribution in [0.2, 0.25) is 0 Å². The van der Waals surface area contributed by atoms with Gasteiger partial charge >= 0.3 is 0 Å². The second-order valence-corrected chi connectivity index (χ2v) is 7.41. The van der Waals surface area contributed by atoms with Gasteiger partial charge in [0, 0.05) is 41.4 Å². The molecule has 2 aromatic rings. The summed E-state index contributed by atoms with van der Waals surface area (Å²) in [5.74, 6) is -0.234. The minimum absolute atomic E-state index is 0.130. The van der Waals surface area contributed by atoms with E-state index in [2.05, 4.69) is 22.9 Å². The lowest BCUT2D eigenvalue weighted by molar-refractivity contribution is -0.132. The van der Waals surface area contributed by atoms with Gasteiger partial charge < -0.3 is 10.2 Å². The molecule has 1 aliphatic rings. The van der Waals surface area contributed by atoms with Crippen LogP contribution in [0.25, 0.3) is 5.57 Å². The summed E-state index contributed by atoms with van der Waals surface area (Å²) in [6.07, 6.45) is 5.17. The highest BCUT2D eigenvalue weighted by atomic mass is 32.1. The van der Waals surface area contributed by atoms with Crippen LogP contribution in [0.3, 0.4) is 0 Å². The predicted molar refractivity (Wildman–Crippen MR) is 105 cm³/mol. The average molecular weight is 380 g/mol. The minimum Gasteiger partial charge on any atom is -0.337 e. The average Bonchev–Trinajstić information content (AvgIpc) is 3.04. The van der Waals surface area contributed by atoms with Crippen molar-refractivity contribution in [3.05, 3.63) is 52.7 Å². The predicted octanol–water partition coefficient (Wildman–Crippen LogP) is 3.35. The molecule has 0 unspecified atom stereocenters. The lowest BCUT2D eigenvalue weighted by Crippen LogP contribution is -2.35. The Morgan fingerprint density at radius 2 is 2.30 bits per heavy atom. The fourth-order valence-corrected chi connectivity index (χ4v) is 4.25. The smallest absolute Gasteiger partial charge is 0.256 e. The highest BCUT2D eigenvalue weighted by Gasteiger charge is 2.27. The zero-order valence-electron chi connectivity index (χ0n) is 15.1. The first kappa shape index (κ1) is 18.8. The van der Waals surface area contributed by atoms with Crippen molar-refractivity contribution in [2.24, 2.45) is 0 Å². The fourth-order valence-electron chi connectivity index (χ4n) is 3.05. The highest BCUT2D eigenvalue weighted by molar-refractivity contribution is 7.16.